The average molecular weight is 444 g/mol. The first-order valence-electron chi connectivity index (χ1n) is 10.2. The van der Waals surface area contributed by atoms with Crippen molar-refractivity contribution in [2.75, 3.05) is 5.32 Å². The second kappa shape index (κ2) is 8.14. The minimum atomic E-state index is -4.39. The summed E-state index contributed by atoms with van der Waals surface area (Å²) in [5, 5.41) is 16.1. The number of phenolic OH excluding ortho intramolecular Hbond substituents is 1. The van der Waals surface area contributed by atoms with Crippen molar-refractivity contribution >= 4 is 22.4 Å². The lowest BCUT2D eigenvalue weighted by molar-refractivity contribution is -0.137. The molecule has 0 radical (unpaired) electrons. The first-order valence-corrected chi connectivity index (χ1v) is 10.2. The zero-order chi connectivity index (χ0) is 23.0. The largest absolute Gasteiger partial charge is 0.508 e. The fourth-order valence-electron chi connectivity index (χ4n) is 3.65. The van der Waals surface area contributed by atoms with Crippen molar-refractivity contribution in [1.29, 1.82) is 0 Å². The van der Waals surface area contributed by atoms with E-state index in [9.17, 15) is 23.1 Å². The second-order valence-electron chi connectivity index (χ2n) is 8.18. The lowest BCUT2D eigenvalue weighted by Gasteiger charge is -2.13. The number of phenols is 1. The van der Waals surface area contributed by atoms with Crippen molar-refractivity contribution in [1.82, 2.24) is 14.3 Å². The molecule has 0 aliphatic carbocycles. The van der Waals surface area contributed by atoms with Gasteiger partial charge in [-0.1, -0.05) is 26.0 Å². The molecule has 0 aliphatic rings. The van der Waals surface area contributed by atoms with Gasteiger partial charge in [-0.3, -0.25) is 14.6 Å². The molecule has 6 nitrogen and oxygen atoms in total. The zero-order valence-electron chi connectivity index (χ0n) is 17.6. The SMILES string of the molecule is CC(C)Cn1[nH]c(=O)c2c(Nc3ccc(O)cc3)n(Cc3ccc(C(F)(F)F)cc3)cc21. The predicted molar refractivity (Wildman–Crippen MR) is 117 cm³/mol. The number of hydrogen-bond donors (Lipinski definition) is 3. The number of benzene rings is 2. The molecule has 0 spiro atoms. The Kier molecular flexibility index (Phi) is 5.50. The van der Waals surface area contributed by atoms with Crippen LogP contribution in [-0.4, -0.2) is 19.5 Å². The van der Waals surface area contributed by atoms with Crippen LogP contribution < -0.4 is 10.9 Å². The van der Waals surface area contributed by atoms with Crippen molar-refractivity contribution in [3.63, 3.8) is 0 Å². The zero-order valence-corrected chi connectivity index (χ0v) is 17.6. The number of aromatic amines is 1. The highest BCUT2D eigenvalue weighted by atomic mass is 19.4. The Morgan fingerprint density at radius 1 is 1.06 bits per heavy atom. The quantitative estimate of drug-likeness (QED) is 0.353. The molecular weight excluding hydrogens is 421 g/mol. The van der Waals surface area contributed by atoms with E-state index >= 15 is 0 Å². The summed E-state index contributed by atoms with van der Waals surface area (Å²) in [4.78, 5) is 12.8. The summed E-state index contributed by atoms with van der Waals surface area (Å²) in [6.07, 6.45) is -2.58. The average Bonchev–Trinajstić information content (AvgIpc) is 3.21. The third-order valence-corrected chi connectivity index (χ3v) is 5.12. The Bertz CT molecular complexity index is 1280. The van der Waals surface area contributed by atoms with Crippen LogP contribution >= 0.6 is 0 Å². The molecule has 4 aromatic rings. The van der Waals surface area contributed by atoms with Gasteiger partial charge in [0.2, 0.25) is 0 Å². The fourth-order valence-corrected chi connectivity index (χ4v) is 3.65. The molecule has 0 amide bonds. The molecule has 168 valence electrons. The van der Waals surface area contributed by atoms with Gasteiger partial charge in [0.15, 0.2) is 0 Å². The molecule has 0 unspecified atom stereocenters. The second-order valence-corrected chi connectivity index (χ2v) is 8.18. The van der Waals surface area contributed by atoms with Crippen molar-refractivity contribution in [3.8, 4) is 5.75 Å². The molecule has 2 heterocycles. The molecule has 0 bridgehead atoms. The highest BCUT2D eigenvalue weighted by Gasteiger charge is 2.30. The summed E-state index contributed by atoms with van der Waals surface area (Å²) >= 11 is 0. The minimum Gasteiger partial charge on any atom is -0.508 e. The highest BCUT2D eigenvalue weighted by molar-refractivity contribution is 5.92. The van der Waals surface area contributed by atoms with E-state index < -0.39 is 11.7 Å². The van der Waals surface area contributed by atoms with Crippen LogP contribution in [0, 0.1) is 5.92 Å². The van der Waals surface area contributed by atoms with E-state index in [4.69, 9.17) is 0 Å². The van der Waals surface area contributed by atoms with Crippen molar-refractivity contribution in [2.24, 2.45) is 5.92 Å². The van der Waals surface area contributed by atoms with Crippen molar-refractivity contribution in [2.45, 2.75) is 33.1 Å². The van der Waals surface area contributed by atoms with E-state index in [1.807, 2.05) is 24.6 Å². The first kappa shape index (κ1) is 21.6. The monoisotopic (exact) mass is 444 g/mol. The van der Waals surface area contributed by atoms with Crippen LogP contribution in [0.3, 0.4) is 0 Å². The van der Waals surface area contributed by atoms with Gasteiger partial charge in [0.25, 0.3) is 5.56 Å². The molecule has 2 aromatic heterocycles. The molecular formula is C23H23F3N4O2. The third kappa shape index (κ3) is 4.37. The Labute approximate surface area is 181 Å². The fraction of sp³-hybridized carbons (Fsp3) is 0.261. The van der Waals surface area contributed by atoms with Crippen LogP contribution in [-0.2, 0) is 19.3 Å². The number of rotatable bonds is 6. The molecule has 0 atom stereocenters. The van der Waals surface area contributed by atoms with Gasteiger partial charge < -0.3 is 15.0 Å². The van der Waals surface area contributed by atoms with Gasteiger partial charge in [0.05, 0.1) is 11.1 Å². The summed E-state index contributed by atoms with van der Waals surface area (Å²) in [6, 6.07) is 11.4. The van der Waals surface area contributed by atoms with Gasteiger partial charge >= 0.3 is 6.18 Å². The summed E-state index contributed by atoms with van der Waals surface area (Å²) in [5.41, 5.74) is 1.06. The summed E-state index contributed by atoms with van der Waals surface area (Å²) in [6.45, 7) is 4.97. The third-order valence-electron chi connectivity index (χ3n) is 5.12. The number of aromatic nitrogens is 3. The Morgan fingerprint density at radius 3 is 2.31 bits per heavy atom. The number of halogens is 3. The number of anilines is 2. The summed E-state index contributed by atoms with van der Waals surface area (Å²) < 4.78 is 42.3. The molecule has 4 rings (SSSR count). The Hall–Kier alpha value is -3.62. The molecule has 0 fully saturated rings. The first-order chi connectivity index (χ1) is 15.1. The number of hydrogen-bond acceptors (Lipinski definition) is 3. The maximum absolute atomic E-state index is 12.9. The molecule has 9 heteroatoms. The Balaban J connectivity index is 1.77. The molecule has 0 aliphatic heterocycles. The van der Waals surface area contributed by atoms with Crippen molar-refractivity contribution in [3.05, 3.63) is 76.2 Å². The summed E-state index contributed by atoms with van der Waals surface area (Å²) in [5.74, 6) is 0.934. The van der Waals surface area contributed by atoms with Gasteiger partial charge in [0, 0.05) is 25.0 Å². The molecule has 32 heavy (non-hydrogen) atoms. The van der Waals surface area contributed by atoms with Gasteiger partial charge in [-0.2, -0.15) is 13.2 Å². The van der Waals surface area contributed by atoms with Crippen LogP contribution in [0.25, 0.3) is 10.9 Å². The van der Waals surface area contributed by atoms with E-state index in [0.717, 1.165) is 12.1 Å². The summed E-state index contributed by atoms with van der Waals surface area (Å²) in [7, 11) is 0. The van der Waals surface area contributed by atoms with E-state index in [2.05, 4.69) is 10.4 Å². The molecule has 2 aromatic carbocycles. The number of H-pyrrole nitrogens is 1. The topological polar surface area (TPSA) is 75.0 Å². The normalized spacial score (nSPS) is 12.1. The van der Waals surface area contributed by atoms with Crippen LogP contribution in [0.2, 0.25) is 0 Å². The maximum Gasteiger partial charge on any atom is 0.416 e. The number of fused-ring (bicyclic) bond motifs is 1. The van der Waals surface area contributed by atoms with E-state index in [1.54, 1.807) is 16.8 Å². The van der Waals surface area contributed by atoms with E-state index in [0.29, 0.717) is 40.4 Å². The van der Waals surface area contributed by atoms with Gasteiger partial charge in [-0.25, -0.2) is 0 Å². The van der Waals surface area contributed by atoms with Crippen LogP contribution in [0.5, 0.6) is 5.75 Å². The van der Waals surface area contributed by atoms with Gasteiger partial charge in [0.1, 0.15) is 17.0 Å². The number of nitrogens with one attached hydrogen (secondary N) is 2. The smallest absolute Gasteiger partial charge is 0.416 e. The predicted octanol–water partition coefficient (Wildman–Crippen LogP) is 5.30. The van der Waals surface area contributed by atoms with E-state index in [-0.39, 0.29) is 17.9 Å². The number of nitrogens with zero attached hydrogens (tertiary/aromatic N) is 2. The maximum atomic E-state index is 12.9. The van der Waals surface area contributed by atoms with E-state index in [1.165, 1.54) is 24.3 Å². The lowest BCUT2D eigenvalue weighted by Crippen LogP contribution is -2.12. The molecule has 3 N–H and O–H groups in total. The number of aromatic hydroxyl groups is 1. The Morgan fingerprint density at radius 2 is 1.72 bits per heavy atom. The highest BCUT2D eigenvalue weighted by Crippen LogP contribution is 2.31. The van der Waals surface area contributed by atoms with Crippen LogP contribution in [0.1, 0.15) is 25.0 Å². The number of alkyl halides is 3. The van der Waals surface area contributed by atoms with Crippen LogP contribution in [0.4, 0.5) is 24.7 Å². The van der Waals surface area contributed by atoms with Gasteiger partial charge in [-0.05, 0) is 47.9 Å². The van der Waals surface area contributed by atoms with Crippen LogP contribution in [0.15, 0.2) is 59.5 Å². The minimum absolute atomic E-state index is 0.113. The standard InChI is InChI=1S/C23H23F3N4O2/c1-14(2)11-30-19-13-29(12-15-3-5-16(6-4-15)23(24,25)26)21(20(19)22(32)28-30)27-17-7-9-18(31)10-8-17/h3-10,13-14,27,31H,11-12H2,1-2H3,(H,28,32). The molecule has 0 saturated carbocycles. The van der Waals surface area contributed by atoms with Crippen molar-refractivity contribution < 1.29 is 18.3 Å². The lowest BCUT2D eigenvalue weighted by atomic mass is 10.1. The van der Waals surface area contributed by atoms with Gasteiger partial charge in [-0.15, -0.1) is 0 Å². The molecule has 0 saturated heterocycles.